The number of aromatic amines is 1. The molecule has 0 fully saturated rings. The second kappa shape index (κ2) is 11.7. The van der Waals surface area contributed by atoms with E-state index in [2.05, 4.69) is 36.4 Å². The first-order valence-corrected chi connectivity index (χ1v) is 9.42. The third-order valence-electron chi connectivity index (χ3n) is 3.87. The highest BCUT2D eigenvalue weighted by atomic mass is 16.2. The largest absolute Gasteiger partial charge is 0.356 e. The summed E-state index contributed by atoms with van der Waals surface area (Å²) in [5, 5.41) is 5.93. The Balaban J connectivity index is 1.86. The van der Waals surface area contributed by atoms with Gasteiger partial charge in [0.25, 0.3) is 5.91 Å². The zero-order valence-electron chi connectivity index (χ0n) is 16.1. The van der Waals surface area contributed by atoms with Crippen LogP contribution in [0.4, 0.5) is 0 Å². The molecule has 0 bridgehead atoms. The van der Waals surface area contributed by atoms with Crippen LogP contribution in [0.3, 0.4) is 0 Å². The zero-order chi connectivity index (χ0) is 18.5. The van der Waals surface area contributed by atoms with Crippen LogP contribution in [0.15, 0.2) is 18.7 Å². The molecule has 0 atom stereocenters. The molecule has 2 amide bonds. The fourth-order valence-electron chi connectivity index (χ4n) is 2.60. The summed E-state index contributed by atoms with van der Waals surface area (Å²) in [5.74, 6) is 0.205. The van der Waals surface area contributed by atoms with Crippen molar-refractivity contribution < 1.29 is 14.2 Å². The Morgan fingerprint density at radius 2 is 1.48 bits per heavy atom. The van der Waals surface area contributed by atoms with Crippen LogP contribution in [0.2, 0.25) is 0 Å². The Hall–Kier alpha value is -1.85. The van der Waals surface area contributed by atoms with Crippen molar-refractivity contribution in [2.24, 2.45) is 5.41 Å². The summed E-state index contributed by atoms with van der Waals surface area (Å²) >= 11 is 0. The number of nitrogens with one attached hydrogen (secondary N) is 3. The Morgan fingerprint density at radius 1 is 0.920 bits per heavy atom. The average Bonchev–Trinajstić information content (AvgIpc) is 3.00. The molecule has 6 nitrogen and oxygen atoms in total. The molecule has 3 N–H and O–H groups in total. The van der Waals surface area contributed by atoms with Crippen LogP contribution in [0, 0.1) is 5.41 Å². The third-order valence-corrected chi connectivity index (χ3v) is 3.87. The van der Waals surface area contributed by atoms with Crippen LogP contribution in [0.5, 0.6) is 0 Å². The first kappa shape index (κ1) is 21.2. The van der Waals surface area contributed by atoms with E-state index in [0.29, 0.717) is 13.0 Å². The van der Waals surface area contributed by atoms with Gasteiger partial charge in [-0.25, -0.2) is 4.57 Å². The van der Waals surface area contributed by atoms with E-state index in [0.717, 1.165) is 38.8 Å². The molecule has 6 heteroatoms. The van der Waals surface area contributed by atoms with Crippen molar-refractivity contribution >= 4 is 11.8 Å². The van der Waals surface area contributed by atoms with Gasteiger partial charge in [-0.2, -0.15) is 0 Å². The summed E-state index contributed by atoms with van der Waals surface area (Å²) in [5.41, 5.74) is 0.0554. The molecule has 142 valence electrons. The van der Waals surface area contributed by atoms with Gasteiger partial charge in [-0.1, -0.05) is 46.5 Å². The van der Waals surface area contributed by atoms with E-state index >= 15 is 0 Å². The Labute approximate surface area is 151 Å². The van der Waals surface area contributed by atoms with Gasteiger partial charge in [-0.15, -0.1) is 0 Å². The molecule has 1 heterocycles. The van der Waals surface area contributed by atoms with Gasteiger partial charge in [-0.3, -0.25) is 14.6 Å². The van der Waals surface area contributed by atoms with Gasteiger partial charge in [0.2, 0.25) is 12.2 Å². The number of carbonyl (C=O) groups excluding carboxylic acids is 2. The first-order chi connectivity index (χ1) is 11.9. The molecule has 0 unspecified atom stereocenters. The number of carbonyl (C=O) groups is 2. The maximum Gasteiger partial charge on any atom is 0.262 e. The molecule has 1 aromatic rings. The van der Waals surface area contributed by atoms with Gasteiger partial charge < -0.3 is 10.6 Å². The molecule has 0 aliphatic carbocycles. The van der Waals surface area contributed by atoms with Gasteiger partial charge in [-0.05, 0) is 18.3 Å². The molecular weight excluding hydrogens is 316 g/mol. The summed E-state index contributed by atoms with van der Waals surface area (Å²) in [7, 11) is 0. The van der Waals surface area contributed by atoms with Crippen molar-refractivity contribution in [3.63, 3.8) is 0 Å². The van der Waals surface area contributed by atoms with E-state index in [4.69, 9.17) is 0 Å². The first-order valence-electron chi connectivity index (χ1n) is 9.42. The minimum absolute atomic E-state index is 0.0515. The predicted octanol–water partition coefficient (Wildman–Crippen LogP) is 2.31. The summed E-state index contributed by atoms with van der Waals surface area (Å²) in [6.45, 7) is 8.12. The van der Waals surface area contributed by atoms with E-state index in [1.54, 1.807) is 12.5 Å². The highest BCUT2D eigenvalue weighted by Crippen LogP contribution is 2.17. The van der Waals surface area contributed by atoms with Crippen LogP contribution < -0.4 is 15.2 Å². The predicted molar refractivity (Wildman–Crippen MR) is 98.8 cm³/mol. The van der Waals surface area contributed by atoms with Crippen molar-refractivity contribution in [3.05, 3.63) is 18.7 Å². The van der Waals surface area contributed by atoms with Crippen LogP contribution >= 0.6 is 0 Å². The number of hydrogen-bond donors (Lipinski definition) is 3. The normalized spacial score (nSPS) is 11.3. The zero-order valence-corrected chi connectivity index (χ0v) is 16.1. The maximum absolute atomic E-state index is 11.7. The molecule has 1 aromatic heterocycles. The molecule has 0 aromatic carbocycles. The lowest BCUT2D eigenvalue weighted by atomic mass is 9.92. The molecule has 0 saturated heterocycles. The summed E-state index contributed by atoms with van der Waals surface area (Å²) in [6.07, 6.45) is 12.7. The van der Waals surface area contributed by atoms with Gasteiger partial charge >= 0.3 is 0 Å². The third kappa shape index (κ3) is 12.2. The second-order valence-corrected chi connectivity index (χ2v) is 7.84. The second-order valence-electron chi connectivity index (χ2n) is 7.84. The number of aromatic nitrogens is 2. The SMILES string of the molecule is CC(C)(C)CC(=O)NCCCCCCCCNC(=O)C[n+]1cc[nH]c1. The standard InChI is InChI=1S/C19H34N4O2/c1-19(2,3)14-17(24)21-10-8-6-4-5-7-9-11-22-18(25)15-23-13-12-20-16-23/h12-13,16H,4-11,14-15H2,1-3H3,(H2,21,22,24,25)/p+1. The highest BCUT2D eigenvalue weighted by Gasteiger charge is 2.15. The number of unbranched alkanes of at least 4 members (excludes halogenated alkanes) is 5. The van der Waals surface area contributed by atoms with Crippen LogP contribution in [0.1, 0.15) is 65.7 Å². The van der Waals surface area contributed by atoms with E-state index in [1.807, 2.05) is 10.8 Å². The average molecular weight is 352 g/mol. The fourth-order valence-corrected chi connectivity index (χ4v) is 2.60. The van der Waals surface area contributed by atoms with Crippen molar-refractivity contribution in [1.82, 2.24) is 15.6 Å². The number of amides is 2. The van der Waals surface area contributed by atoms with Gasteiger partial charge in [0.15, 0.2) is 6.54 Å². The van der Waals surface area contributed by atoms with E-state index in [9.17, 15) is 9.59 Å². The maximum atomic E-state index is 11.7. The molecule has 25 heavy (non-hydrogen) atoms. The van der Waals surface area contributed by atoms with Crippen molar-refractivity contribution in [3.8, 4) is 0 Å². The van der Waals surface area contributed by atoms with E-state index in [-0.39, 0.29) is 17.2 Å². The smallest absolute Gasteiger partial charge is 0.262 e. The number of hydrogen-bond acceptors (Lipinski definition) is 2. The Morgan fingerprint density at radius 3 is 2.00 bits per heavy atom. The lowest BCUT2D eigenvalue weighted by Gasteiger charge is -2.17. The summed E-state index contributed by atoms with van der Waals surface area (Å²) in [4.78, 5) is 26.3. The Bertz CT molecular complexity index is 492. The molecular formula is C19H35N4O2+. The molecule has 0 saturated carbocycles. The number of rotatable bonds is 12. The van der Waals surface area contributed by atoms with Gasteiger partial charge in [0, 0.05) is 19.5 Å². The summed E-state index contributed by atoms with van der Waals surface area (Å²) in [6, 6.07) is 0. The lowest BCUT2D eigenvalue weighted by Crippen LogP contribution is -2.41. The molecule has 1 rings (SSSR count). The Kier molecular flexibility index (Phi) is 9.88. The number of H-pyrrole nitrogens is 1. The van der Waals surface area contributed by atoms with Gasteiger partial charge in [0.1, 0.15) is 12.4 Å². The summed E-state index contributed by atoms with van der Waals surface area (Å²) < 4.78 is 1.82. The highest BCUT2D eigenvalue weighted by molar-refractivity contribution is 5.76. The van der Waals surface area contributed by atoms with E-state index in [1.165, 1.54) is 12.8 Å². The van der Waals surface area contributed by atoms with E-state index < -0.39 is 0 Å². The van der Waals surface area contributed by atoms with Crippen molar-refractivity contribution in [2.75, 3.05) is 13.1 Å². The minimum Gasteiger partial charge on any atom is -0.356 e. The van der Waals surface area contributed by atoms with Crippen LogP contribution in [0.25, 0.3) is 0 Å². The quantitative estimate of drug-likeness (QED) is 0.399. The van der Waals surface area contributed by atoms with Gasteiger partial charge in [0.05, 0.1) is 0 Å². The number of imidazole rings is 1. The fraction of sp³-hybridized carbons (Fsp3) is 0.737. The lowest BCUT2D eigenvalue weighted by molar-refractivity contribution is -0.683. The molecule has 0 aliphatic heterocycles. The van der Waals surface area contributed by atoms with Crippen molar-refractivity contribution in [1.29, 1.82) is 0 Å². The van der Waals surface area contributed by atoms with Crippen LogP contribution in [-0.2, 0) is 16.1 Å². The molecule has 0 aliphatic rings. The van der Waals surface area contributed by atoms with Crippen LogP contribution in [-0.4, -0.2) is 29.9 Å². The minimum atomic E-state index is 0.0515. The molecule has 0 radical (unpaired) electrons. The monoisotopic (exact) mass is 351 g/mol. The molecule has 0 spiro atoms. The van der Waals surface area contributed by atoms with Crippen molar-refractivity contribution in [2.45, 2.75) is 72.3 Å². The topological polar surface area (TPSA) is 77.9 Å². The number of nitrogens with zero attached hydrogens (tertiary/aromatic N) is 1.